The van der Waals surface area contributed by atoms with E-state index in [1.165, 1.54) is 0 Å². The minimum Gasteiger partial charge on any atom is -0.368 e. The van der Waals surface area contributed by atoms with Crippen molar-refractivity contribution in [2.75, 3.05) is 33.9 Å². The summed E-state index contributed by atoms with van der Waals surface area (Å²) < 4.78 is 5.97. The molecule has 0 aliphatic heterocycles. The number of rotatable bonds is 4. The van der Waals surface area contributed by atoms with Crippen LogP contribution in [0.15, 0.2) is 30.3 Å². The van der Waals surface area contributed by atoms with Gasteiger partial charge in [0.25, 0.3) is 0 Å². The number of nitrogen functional groups attached to an aromatic ring is 1. The fraction of sp³-hybridized carbons (Fsp3) is 0.333. The quantitative estimate of drug-likeness (QED) is 0.863. The minimum atomic E-state index is -0.779. The molecular formula is C12H19N6P. The molecule has 0 spiro atoms. The third-order valence-corrected chi connectivity index (χ3v) is 4.60. The Balaban J connectivity index is 2.41. The third kappa shape index (κ3) is 2.92. The molecule has 0 aliphatic rings. The molecule has 0 amide bonds. The summed E-state index contributed by atoms with van der Waals surface area (Å²) in [4.78, 5) is 4.36. The van der Waals surface area contributed by atoms with E-state index in [4.69, 9.17) is 5.73 Å². The number of hydrogen-bond acceptors (Lipinski definition) is 5. The van der Waals surface area contributed by atoms with Gasteiger partial charge in [0.15, 0.2) is 14.2 Å². The van der Waals surface area contributed by atoms with Crippen molar-refractivity contribution < 1.29 is 0 Å². The molecule has 0 bridgehead atoms. The average Bonchev–Trinajstić information content (AvgIpc) is 2.72. The van der Waals surface area contributed by atoms with Crippen molar-refractivity contribution in [3.05, 3.63) is 30.3 Å². The first-order valence-electron chi connectivity index (χ1n) is 5.93. The fourth-order valence-corrected chi connectivity index (χ4v) is 3.64. The molecule has 0 radical (unpaired) electrons. The van der Waals surface area contributed by atoms with Crippen LogP contribution in [0, 0.1) is 0 Å². The zero-order valence-electron chi connectivity index (χ0n) is 11.6. The average molecular weight is 278 g/mol. The predicted molar refractivity (Wildman–Crippen MR) is 79.6 cm³/mol. The molecule has 102 valence electrons. The van der Waals surface area contributed by atoms with E-state index >= 15 is 0 Å². The largest absolute Gasteiger partial charge is 0.368 e. The van der Waals surface area contributed by atoms with E-state index in [1.807, 2.05) is 58.5 Å². The molecule has 1 aromatic carbocycles. The Morgan fingerprint density at radius 2 is 1.63 bits per heavy atom. The Hall–Kier alpha value is -1.49. The van der Waals surface area contributed by atoms with Crippen LogP contribution < -0.4 is 5.73 Å². The molecule has 0 fully saturated rings. The molecule has 2 rings (SSSR count). The van der Waals surface area contributed by atoms with E-state index in [1.54, 1.807) is 4.45 Å². The number of anilines is 1. The summed E-state index contributed by atoms with van der Waals surface area (Å²) in [5.41, 5.74) is 6.98. The Bertz CT molecular complexity index is 528. The van der Waals surface area contributed by atoms with Gasteiger partial charge >= 0.3 is 0 Å². The molecule has 0 saturated carbocycles. The topological polar surface area (TPSA) is 63.2 Å². The Morgan fingerprint density at radius 1 is 1.05 bits per heavy atom. The molecule has 1 heterocycles. The van der Waals surface area contributed by atoms with Crippen molar-refractivity contribution in [3.8, 4) is 11.4 Å². The minimum absolute atomic E-state index is 0.437. The standard InChI is InChI=1S/C12H19N6P/c1-16(2)19(17(3)4)18-12(13)14-11(15-18)10-8-6-5-7-9-10/h5-9H,1-4H3,(H2,13,14,15). The highest BCUT2D eigenvalue weighted by atomic mass is 31.2. The van der Waals surface area contributed by atoms with Gasteiger partial charge in [-0.3, -0.25) is 9.34 Å². The lowest BCUT2D eigenvalue weighted by Crippen LogP contribution is -2.23. The van der Waals surface area contributed by atoms with E-state index in [-0.39, 0.29) is 0 Å². The van der Waals surface area contributed by atoms with Crippen LogP contribution in [0.5, 0.6) is 0 Å². The molecule has 19 heavy (non-hydrogen) atoms. The number of nitrogens with two attached hydrogens (primary N) is 1. The molecule has 6 nitrogen and oxygen atoms in total. The molecule has 7 heteroatoms. The summed E-state index contributed by atoms with van der Waals surface area (Å²) in [6.07, 6.45) is 0. The Morgan fingerprint density at radius 3 is 2.16 bits per heavy atom. The summed E-state index contributed by atoms with van der Waals surface area (Å²) >= 11 is 0. The van der Waals surface area contributed by atoms with Gasteiger partial charge in [0.05, 0.1) is 0 Å². The van der Waals surface area contributed by atoms with Crippen LogP contribution in [-0.2, 0) is 0 Å². The second-order valence-electron chi connectivity index (χ2n) is 4.51. The fourth-order valence-electron chi connectivity index (χ4n) is 1.85. The van der Waals surface area contributed by atoms with Crippen LogP contribution in [0.4, 0.5) is 5.95 Å². The lowest BCUT2D eigenvalue weighted by Gasteiger charge is -2.29. The van der Waals surface area contributed by atoms with Gasteiger partial charge in [0.2, 0.25) is 5.95 Å². The monoisotopic (exact) mass is 278 g/mol. The first-order valence-corrected chi connectivity index (χ1v) is 7.13. The highest BCUT2D eigenvalue weighted by molar-refractivity contribution is 7.50. The van der Waals surface area contributed by atoms with Crippen LogP contribution in [0.3, 0.4) is 0 Å². The maximum absolute atomic E-state index is 6.01. The molecule has 0 atom stereocenters. The summed E-state index contributed by atoms with van der Waals surface area (Å²) in [6, 6.07) is 9.86. The predicted octanol–water partition coefficient (Wildman–Crippen LogP) is 1.73. The highest BCUT2D eigenvalue weighted by Gasteiger charge is 2.22. The van der Waals surface area contributed by atoms with Crippen molar-refractivity contribution in [2.45, 2.75) is 0 Å². The smallest absolute Gasteiger partial charge is 0.224 e. The molecular weight excluding hydrogens is 259 g/mol. The van der Waals surface area contributed by atoms with Crippen LogP contribution in [0.1, 0.15) is 0 Å². The summed E-state index contributed by atoms with van der Waals surface area (Å²) in [5.74, 6) is 1.10. The first-order chi connectivity index (χ1) is 9.00. The van der Waals surface area contributed by atoms with Gasteiger partial charge in [0, 0.05) is 5.56 Å². The van der Waals surface area contributed by atoms with Crippen molar-refractivity contribution >= 4 is 14.3 Å². The molecule has 0 unspecified atom stereocenters. The van der Waals surface area contributed by atoms with Gasteiger partial charge in [0.1, 0.15) is 0 Å². The zero-order valence-corrected chi connectivity index (χ0v) is 12.5. The maximum atomic E-state index is 6.01. The van der Waals surface area contributed by atoms with E-state index in [0.717, 1.165) is 5.56 Å². The van der Waals surface area contributed by atoms with Gasteiger partial charge in [-0.15, -0.1) is 5.10 Å². The maximum Gasteiger partial charge on any atom is 0.224 e. The summed E-state index contributed by atoms with van der Waals surface area (Å²) in [7, 11) is 7.26. The van der Waals surface area contributed by atoms with Gasteiger partial charge in [-0.2, -0.15) is 9.44 Å². The van der Waals surface area contributed by atoms with Crippen LogP contribution in [0.25, 0.3) is 11.4 Å². The van der Waals surface area contributed by atoms with Gasteiger partial charge in [-0.05, 0) is 28.2 Å². The number of aromatic nitrogens is 3. The highest BCUT2D eigenvalue weighted by Crippen LogP contribution is 2.42. The van der Waals surface area contributed by atoms with Crippen LogP contribution in [0.2, 0.25) is 0 Å². The number of hydrogen-bond donors (Lipinski definition) is 1. The third-order valence-electron chi connectivity index (χ3n) is 2.53. The lowest BCUT2D eigenvalue weighted by atomic mass is 10.2. The van der Waals surface area contributed by atoms with Gasteiger partial charge < -0.3 is 5.73 Å². The molecule has 1 aromatic heterocycles. The Kier molecular flexibility index (Phi) is 4.14. The summed E-state index contributed by atoms with van der Waals surface area (Å²) in [5, 5.41) is 4.55. The van der Waals surface area contributed by atoms with E-state index in [9.17, 15) is 0 Å². The van der Waals surface area contributed by atoms with Crippen molar-refractivity contribution in [1.82, 2.24) is 23.9 Å². The normalized spacial score (nSPS) is 11.7. The SMILES string of the molecule is CN(C)P(N(C)C)n1nc(-c2ccccc2)nc1N. The summed E-state index contributed by atoms with van der Waals surface area (Å²) in [6.45, 7) is 0. The molecule has 2 aromatic rings. The number of benzene rings is 1. The van der Waals surface area contributed by atoms with Gasteiger partial charge in [-0.25, -0.2) is 0 Å². The van der Waals surface area contributed by atoms with Crippen molar-refractivity contribution in [3.63, 3.8) is 0 Å². The zero-order chi connectivity index (χ0) is 14.0. The Labute approximate surface area is 114 Å². The lowest BCUT2D eigenvalue weighted by molar-refractivity contribution is 0.555. The second kappa shape index (κ2) is 5.65. The number of nitrogens with zero attached hydrogens (tertiary/aromatic N) is 5. The second-order valence-corrected chi connectivity index (χ2v) is 7.03. The molecule has 2 N–H and O–H groups in total. The van der Waals surface area contributed by atoms with Crippen molar-refractivity contribution in [2.24, 2.45) is 0 Å². The van der Waals surface area contributed by atoms with Crippen LogP contribution >= 0.6 is 8.37 Å². The van der Waals surface area contributed by atoms with Crippen LogP contribution in [-0.4, -0.2) is 52.1 Å². The van der Waals surface area contributed by atoms with E-state index < -0.39 is 8.37 Å². The van der Waals surface area contributed by atoms with E-state index in [2.05, 4.69) is 19.4 Å². The van der Waals surface area contributed by atoms with E-state index in [0.29, 0.717) is 11.8 Å². The van der Waals surface area contributed by atoms with Gasteiger partial charge in [-0.1, -0.05) is 30.3 Å². The molecule has 0 saturated heterocycles. The molecule has 0 aliphatic carbocycles. The van der Waals surface area contributed by atoms with Crippen molar-refractivity contribution in [1.29, 1.82) is 0 Å². The first kappa shape index (κ1) is 13.9.